The molecule has 0 fully saturated rings. The van der Waals surface area contributed by atoms with Crippen molar-refractivity contribution in [3.63, 3.8) is 0 Å². The number of aromatic hydroxyl groups is 5. The third kappa shape index (κ3) is 4.34. The SMILES string of the molecule is COc1ccc(/C=C/c2cc(O)cc3c2[C@@H](c2cc(O)cc(O)c2)[C@H](c2ccc(O)c(O)c2)O3)cc1. The molecule has 0 aromatic heterocycles. The maximum Gasteiger partial charge on any atom is 0.157 e. The van der Waals surface area contributed by atoms with Crippen LogP contribution in [0.25, 0.3) is 12.2 Å². The molecule has 0 amide bonds. The molecule has 1 heterocycles. The minimum atomic E-state index is -0.678. The summed E-state index contributed by atoms with van der Waals surface area (Å²) < 4.78 is 11.5. The molecule has 7 nitrogen and oxygen atoms in total. The van der Waals surface area contributed by atoms with Gasteiger partial charge in [-0.15, -0.1) is 0 Å². The number of methoxy groups -OCH3 is 1. The van der Waals surface area contributed by atoms with Gasteiger partial charge in [-0.05, 0) is 64.7 Å². The Kier molecular flexibility index (Phi) is 5.82. The Morgan fingerprint density at radius 1 is 0.694 bits per heavy atom. The van der Waals surface area contributed by atoms with Gasteiger partial charge in [0, 0.05) is 17.7 Å². The molecule has 5 N–H and O–H groups in total. The quantitative estimate of drug-likeness (QED) is 0.183. The summed E-state index contributed by atoms with van der Waals surface area (Å²) in [6.45, 7) is 0. The number of hydrogen-bond donors (Lipinski definition) is 5. The highest BCUT2D eigenvalue weighted by Gasteiger charge is 2.39. The maximum atomic E-state index is 10.4. The lowest BCUT2D eigenvalue weighted by Crippen LogP contribution is -2.12. The Morgan fingerprint density at radius 2 is 1.39 bits per heavy atom. The standard InChI is InChI=1S/C29H24O7/c1-35-23-7-3-16(4-8-23)2-5-17-10-22(32)15-26-27(17)28(19-11-20(30)14-21(31)12-19)29(36-26)18-6-9-24(33)25(34)13-18/h2-15,28-34H,1H3/b5-2+/t28-,29+/m1/s1. The van der Waals surface area contributed by atoms with E-state index < -0.39 is 12.0 Å². The Hall–Kier alpha value is -4.78. The number of ether oxygens (including phenoxy) is 2. The van der Waals surface area contributed by atoms with Gasteiger partial charge in [0.15, 0.2) is 11.5 Å². The van der Waals surface area contributed by atoms with Crippen molar-refractivity contribution in [2.24, 2.45) is 0 Å². The zero-order valence-electron chi connectivity index (χ0n) is 19.3. The van der Waals surface area contributed by atoms with Gasteiger partial charge in [-0.1, -0.05) is 30.4 Å². The van der Waals surface area contributed by atoms with Gasteiger partial charge >= 0.3 is 0 Å². The first-order valence-corrected chi connectivity index (χ1v) is 11.2. The number of phenolic OH excluding ortho intramolecular Hbond substituents is 5. The number of phenols is 5. The van der Waals surface area contributed by atoms with Gasteiger partial charge in [-0.3, -0.25) is 0 Å². The highest BCUT2D eigenvalue weighted by molar-refractivity contribution is 5.75. The Labute approximate surface area is 207 Å². The van der Waals surface area contributed by atoms with E-state index in [1.165, 1.54) is 24.3 Å². The van der Waals surface area contributed by atoms with Crippen LogP contribution in [0.5, 0.6) is 40.2 Å². The van der Waals surface area contributed by atoms with E-state index in [1.54, 1.807) is 31.4 Å². The molecule has 0 saturated heterocycles. The second-order valence-corrected chi connectivity index (χ2v) is 8.60. The first kappa shape index (κ1) is 23.0. The fourth-order valence-corrected chi connectivity index (χ4v) is 4.58. The summed E-state index contributed by atoms with van der Waals surface area (Å²) in [5.74, 6) is -0.126. The molecule has 4 aromatic carbocycles. The molecular formula is C29H24O7. The molecule has 0 spiro atoms. The van der Waals surface area contributed by atoms with Crippen LogP contribution >= 0.6 is 0 Å². The van der Waals surface area contributed by atoms with Crippen molar-refractivity contribution >= 4 is 12.2 Å². The molecular weight excluding hydrogens is 460 g/mol. The van der Waals surface area contributed by atoms with Crippen molar-refractivity contribution in [1.82, 2.24) is 0 Å². The Bertz CT molecular complexity index is 1440. The lowest BCUT2D eigenvalue weighted by Gasteiger charge is -2.21. The lowest BCUT2D eigenvalue weighted by molar-refractivity contribution is 0.221. The number of benzene rings is 4. The first-order valence-electron chi connectivity index (χ1n) is 11.2. The average Bonchev–Trinajstić information content (AvgIpc) is 3.23. The molecule has 0 radical (unpaired) electrons. The summed E-state index contributed by atoms with van der Waals surface area (Å²) in [6.07, 6.45) is 3.07. The second-order valence-electron chi connectivity index (χ2n) is 8.60. The molecule has 7 heteroatoms. The minimum Gasteiger partial charge on any atom is -0.508 e. The van der Waals surface area contributed by atoms with Crippen molar-refractivity contribution in [2.45, 2.75) is 12.0 Å². The first-order chi connectivity index (χ1) is 17.3. The summed E-state index contributed by atoms with van der Waals surface area (Å²) in [5.41, 5.74) is 3.48. The summed E-state index contributed by atoms with van der Waals surface area (Å²) in [7, 11) is 1.60. The largest absolute Gasteiger partial charge is 0.508 e. The molecule has 0 unspecified atom stereocenters. The third-order valence-electron chi connectivity index (χ3n) is 6.21. The summed E-state index contributed by atoms with van der Waals surface area (Å²) in [5, 5.41) is 50.8. The van der Waals surface area contributed by atoms with Gasteiger partial charge in [0.1, 0.15) is 34.9 Å². The summed E-state index contributed by atoms with van der Waals surface area (Å²) in [4.78, 5) is 0. The minimum absolute atomic E-state index is 0.00911. The number of rotatable bonds is 5. The molecule has 0 aliphatic carbocycles. The van der Waals surface area contributed by atoms with Crippen LogP contribution in [0.2, 0.25) is 0 Å². The molecule has 0 saturated carbocycles. The normalized spacial score (nSPS) is 16.6. The van der Waals surface area contributed by atoms with Crippen LogP contribution in [0.15, 0.2) is 72.8 Å². The number of hydrogen-bond acceptors (Lipinski definition) is 7. The van der Waals surface area contributed by atoms with Gasteiger partial charge in [0.25, 0.3) is 0 Å². The molecule has 2 atom stereocenters. The zero-order valence-corrected chi connectivity index (χ0v) is 19.3. The molecule has 1 aliphatic rings. The summed E-state index contributed by atoms with van der Waals surface area (Å²) >= 11 is 0. The molecule has 36 heavy (non-hydrogen) atoms. The Morgan fingerprint density at radius 3 is 2.06 bits per heavy atom. The van der Waals surface area contributed by atoms with Gasteiger partial charge in [0.05, 0.1) is 13.0 Å². The van der Waals surface area contributed by atoms with Gasteiger partial charge < -0.3 is 35.0 Å². The number of fused-ring (bicyclic) bond motifs is 1. The summed E-state index contributed by atoms with van der Waals surface area (Å²) in [6, 6.07) is 19.4. The topological polar surface area (TPSA) is 120 Å². The van der Waals surface area contributed by atoms with E-state index in [4.69, 9.17) is 9.47 Å². The van der Waals surface area contributed by atoms with Crippen LogP contribution < -0.4 is 9.47 Å². The van der Waals surface area contributed by atoms with Gasteiger partial charge in [0.2, 0.25) is 0 Å². The Balaban J connectivity index is 1.65. The highest BCUT2D eigenvalue weighted by atomic mass is 16.5. The molecule has 5 rings (SSSR count). The van der Waals surface area contributed by atoms with Crippen LogP contribution in [0.3, 0.4) is 0 Å². The highest BCUT2D eigenvalue weighted by Crippen LogP contribution is 2.53. The predicted octanol–water partition coefficient (Wildman–Crippen LogP) is 5.66. The smallest absolute Gasteiger partial charge is 0.157 e. The molecule has 182 valence electrons. The third-order valence-corrected chi connectivity index (χ3v) is 6.21. The monoisotopic (exact) mass is 484 g/mol. The van der Waals surface area contributed by atoms with E-state index >= 15 is 0 Å². The van der Waals surface area contributed by atoms with Crippen LogP contribution in [0.1, 0.15) is 39.8 Å². The lowest BCUT2D eigenvalue weighted by atomic mass is 9.82. The molecule has 1 aliphatic heterocycles. The van der Waals surface area contributed by atoms with Crippen molar-refractivity contribution in [3.8, 4) is 40.2 Å². The van der Waals surface area contributed by atoms with E-state index in [2.05, 4.69) is 0 Å². The van der Waals surface area contributed by atoms with E-state index in [1.807, 2.05) is 36.4 Å². The fraction of sp³-hybridized carbons (Fsp3) is 0.103. The van der Waals surface area contributed by atoms with Crippen LogP contribution in [0.4, 0.5) is 0 Å². The van der Waals surface area contributed by atoms with E-state index in [0.717, 1.165) is 16.9 Å². The molecule has 0 bridgehead atoms. The van der Waals surface area contributed by atoms with E-state index in [9.17, 15) is 25.5 Å². The van der Waals surface area contributed by atoms with Gasteiger partial charge in [-0.25, -0.2) is 0 Å². The zero-order chi connectivity index (χ0) is 25.4. The average molecular weight is 485 g/mol. The second kappa shape index (κ2) is 9.11. The van der Waals surface area contributed by atoms with Crippen molar-refractivity contribution in [3.05, 3.63) is 101 Å². The van der Waals surface area contributed by atoms with Crippen molar-refractivity contribution in [2.75, 3.05) is 7.11 Å². The maximum absolute atomic E-state index is 10.4. The molecule has 4 aromatic rings. The van der Waals surface area contributed by atoms with Gasteiger partial charge in [-0.2, -0.15) is 0 Å². The van der Waals surface area contributed by atoms with E-state index in [-0.39, 0.29) is 28.7 Å². The van der Waals surface area contributed by atoms with Crippen molar-refractivity contribution < 1.29 is 35.0 Å². The van der Waals surface area contributed by atoms with Crippen molar-refractivity contribution in [1.29, 1.82) is 0 Å². The fourth-order valence-electron chi connectivity index (χ4n) is 4.58. The predicted molar refractivity (Wildman–Crippen MR) is 135 cm³/mol. The van der Waals surface area contributed by atoms with E-state index in [0.29, 0.717) is 22.4 Å². The van der Waals surface area contributed by atoms with Crippen LogP contribution in [0, 0.1) is 0 Å². The van der Waals surface area contributed by atoms with Crippen LogP contribution in [-0.2, 0) is 0 Å². The van der Waals surface area contributed by atoms with Crippen LogP contribution in [-0.4, -0.2) is 32.6 Å².